The van der Waals surface area contributed by atoms with Crippen LogP contribution in [-0.4, -0.2) is 9.55 Å². The summed E-state index contributed by atoms with van der Waals surface area (Å²) in [5.74, 6) is 0.822. The Hall–Kier alpha value is -1.59. The summed E-state index contributed by atoms with van der Waals surface area (Å²) in [6.07, 6.45) is 0. The maximum Gasteiger partial charge on any atom is 0.272 e. The fraction of sp³-hybridized carbons (Fsp3) is 0.200. The molecule has 3 aromatic rings. The van der Waals surface area contributed by atoms with Crippen molar-refractivity contribution in [1.82, 2.24) is 9.55 Å². The Kier molecular flexibility index (Phi) is 3.89. The molecule has 3 nitrogen and oxygen atoms in total. The van der Waals surface area contributed by atoms with Crippen molar-refractivity contribution in [3.05, 3.63) is 57.7 Å². The molecule has 0 spiro atoms. The Morgan fingerprint density at radius 3 is 2.80 bits per heavy atom. The number of hydrogen-bond donors (Lipinski definition) is 0. The highest BCUT2D eigenvalue weighted by molar-refractivity contribution is 7.98. The van der Waals surface area contributed by atoms with Crippen molar-refractivity contribution in [3.8, 4) is 0 Å². The molecular formula is C15H14N2OS2. The lowest BCUT2D eigenvalue weighted by Gasteiger charge is -2.09. The molecule has 3 rings (SSSR count). The molecule has 0 bridgehead atoms. The number of fused-ring (bicyclic) bond motifs is 1. The molecule has 0 fully saturated rings. The lowest BCUT2D eigenvalue weighted by atomic mass is 10.2. The Labute approximate surface area is 125 Å². The van der Waals surface area contributed by atoms with Gasteiger partial charge in [0.15, 0.2) is 5.16 Å². The number of nitrogens with zero attached hydrogens (tertiary/aromatic N) is 2. The van der Waals surface area contributed by atoms with Crippen molar-refractivity contribution < 1.29 is 0 Å². The van der Waals surface area contributed by atoms with E-state index in [0.717, 1.165) is 21.1 Å². The van der Waals surface area contributed by atoms with Crippen LogP contribution >= 0.6 is 23.1 Å². The predicted molar refractivity (Wildman–Crippen MR) is 85.6 cm³/mol. The summed E-state index contributed by atoms with van der Waals surface area (Å²) in [5.41, 5.74) is 2.11. The first-order chi connectivity index (χ1) is 9.79. The van der Waals surface area contributed by atoms with Crippen molar-refractivity contribution in [1.29, 1.82) is 0 Å². The van der Waals surface area contributed by atoms with Gasteiger partial charge in [-0.05, 0) is 23.9 Å². The van der Waals surface area contributed by atoms with E-state index in [2.05, 4.69) is 17.1 Å². The smallest absolute Gasteiger partial charge is 0.272 e. The number of rotatable bonds is 4. The number of thioether (sulfide) groups is 1. The summed E-state index contributed by atoms with van der Waals surface area (Å²) in [6, 6.07) is 12.1. The van der Waals surface area contributed by atoms with E-state index in [4.69, 9.17) is 0 Å². The van der Waals surface area contributed by atoms with Gasteiger partial charge >= 0.3 is 0 Å². The van der Waals surface area contributed by atoms with Gasteiger partial charge in [-0.2, -0.15) is 0 Å². The van der Waals surface area contributed by atoms with E-state index < -0.39 is 0 Å². The van der Waals surface area contributed by atoms with Crippen LogP contribution in [-0.2, 0) is 12.3 Å². The average Bonchev–Trinajstić information content (AvgIpc) is 2.95. The lowest BCUT2D eigenvalue weighted by Crippen LogP contribution is -2.21. The summed E-state index contributed by atoms with van der Waals surface area (Å²) in [5, 5.41) is 2.72. The first-order valence-corrected chi connectivity index (χ1v) is 8.31. The Bertz CT molecular complexity index is 777. The molecule has 20 heavy (non-hydrogen) atoms. The Balaban J connectivity index is 1.96. The van der Waals surface area contributed by atoms with Crippen molar-refractivity contribution in [3.63, 3.8) is 0 Å². The van der Waals surface area contributed by atoms with Gasteiger partial charge in [0.1, 0.15) is 4.70 Å². The largest absolute Gasteiger partial charge is 0.287 e. The molecule has 0 amide bonds. The third kappa shape index (κ3) is 2.51. The van der Waals surface area contributed by atoms with Crippen molar-refractivity contribution in [2.75, 3.05) is 0 Å². The van der Waals surface area contributed by atoms with E-state index in [1.54, 1.807) is 16.3 Å². The van der Waals surface area contributed by atoms with Gasteiger partial charge in [0.25, 0.3) is 5.56 Å². The number of aromatic nitrogens is 2. The van der Waals surface area contributed by atoms with Crippen LogP contribution in [0.5, 0.6) is 0 Å². The van der Waals surface area contributed by atoms with Crippen molar-refractivity contribution in [2.24, 2.45) is 0 Å². The van der Waals surface area contributed by atoms with Gasteiger partial charge in [-0.25, -0.2) is 4.98 Å². The molecule has 0 radical (unpaired) electrons. The summed E-state index contributed by atoms with van der Waals surface area (Å²) in [7, 11) is 0. The SMILES string of the molecule is CCn1c(SCc2ccccc2)nc2ccsc2c1=O. The van der Waals surface area contributed by atoms with Crippen LogP contribution in [0.15, 0.2) is 51.7 Å². The van der Waals surface area contributed by atoms with Gasteiger partial charge in [0.05, 0.1) is 5.52 Å². The minimum atomic E-state index is 0.0723. The molecule has 102 valence electrons. The summed E-state index contributed by atoms with van der Waals surface area (Å²) in [4.78, 5) is 17.0. The summed E-state index contributed by atoms with van der Waals surface area (Å²) in [6.45, 7) is 2.63. The lowest BCUT2D eigenvalue weighted by molar-refractivity contribution is 0.635. The monoisotopic (exact) mass is 302 g/mol. The second-order valence-corrected chi connectivity index (χ2v) is 6.21. The van der Waals surface area contributed by atoms with Crippen LogP contribution in [0.3, 0.4) is 0 Å². The van der Waals surface area contributed by atoms with E-state index >= 15 is 0 Å². The van der Waals surface area contributed by atoms with E-state index in [1.165, 1.54) is 16.9 Å². The molecule has 0 saturated carbocycles. The van der Waals surface area contributed by atoms with Gasteiger partial charge in [-0.3, -0.25) is 9.36 Å². The number of benzene rings is 1. The van der Waals surface area contributed by atoms with Crippen molar-refractivity contribution in [2.45, 2.75) is 24.4 Å². The van der Waals surface area contributed by atoms with Crippen LogP contribution in [0.1, 0.15) is 12.5 Å². The highest BCUT2D eigenvalue weighted by Crippen LogP contribution is 2.23. The molecule has 1 aromatic carbocycles. The van der Waals surface area contributed by atoms with Gasteiger partial charge < -0.3 is 0 Å². The molecule has 0 aliphatic rings. The molecule has 2 heterocycles. The van der Waals surface area contributed by atoms with Crippen LogP contribution < -0.4 is 5.56 Å². The Morgan fingerprint density at radius 1 is 1.25 bits per heavy atom. The molecule has 0 N–H and O–H groups in total. The molecule has 0 aliphatic carbocycles. The van der Waals surface area contributed by atoms with Crippen LogP contribution in [0.2, 0.25) is 0 Å². The molecule has 0 aliphatic heterocycles. The third-order valence-corrected chi connectivity index (χ3v) is 5.00. The van der Waals surface area contributed by atoms with Crippen LogP contribution in [0, 0.1) is 0 Å². The minimum Gasteiger partial charge on any atom is -0.287 e. The molecule has 5 heteroatoms. The highest BCUT2D eigenvalue weighted by Gasteiger charge is 2.11. The van der Waals surface area contributed by atoms with E-state index in [9.17, 15) is 4.79 Å². The zero-order chi connectivity index (χ0) is 13.9. The van der Waals surface area contributed by atoms with Gasteiger partial charge in [-0.15, -0.1) is 11.3 Å². The van der Waals surface area contributed by atoms with E-state index in [0.29, 0.717) is 6.54 Å². The quantitative estimate of drug-likeness (QED) is 0.543. The minimum absolute atomic E-state index is 0.0723. The van der Waals surface area contributed by atoms with Crippen LogP contribution in [0.4, 0.5) is 0 Å². The maximum absolute atomic E-state index is 12.4. The predicted octanol–water partition coefficient (Wildman–Crippen LogP) is 3.77. The normalized spacial score (nSPS) is 11.1. The molecular weight excluding hydrogens is 288 g/mol. The molecule has 2 aromatic heterocycles. The first kappa shape index (κ1) is 13.4. The first-order valence-electron chi connectivity index (χ1n) is 6.44. The topological polar surface area (TPSA) is 34.9 Å². The van der Waals surface area contributed by atoms with Gasteiger partial charge in [-0.1, -0.05) is 42.1 Å². The number of hydrogen-bond acceptors (Lipinski definition) is 4. The fourth-order valence-electron chi connectivity index (χ4n) is 2.03. The third-order valence-electron chi connectivity index (χ3n) is 3.06. The van der Waals surface area contributed by atoms with Gasteiger partial charge in [0, 0.05) is 12.3 Å². The fourth-order valence-corrected chi connectivity index (χ4v) is 3.83. The second-order valence-electron chi connectivity index (χ2n) is 4.35. The summed E-state index contributed by atoms with van der Waals surface area (Å²) < 4.78 is 2.50. The second kappa shape index (κ2) is 5.81. The molecule has 0 unspecified atom stereocenters. The molecule has 0 saturated heterocycles. The van der Waals surface area contributed by atoms with Crippen molar-refractivity contribution >= 4 is 33.3 Å². The zero-order valence-electron chi connectivity index (χ0n) is 11.1. The highest BCUT2D eigenvalue weighted by atomic mass is 32.2. The standard InChI is InChI=1S/C15H14N2OS2/c1-2-17-14(18)13-12(8-9-19-13)16-15(17)20-10-11-6-4-3-5-7-11/h3-9H,2,10H2,1H3. The summed E-state index contributed by atoms with van der Waals surface area (Å²) >= 11 is 3.08. The maximum atomic E-state index is 12.4. The van der Waals surface area contributed by atoms with E-state index in [-0.39, 0.29) is 5.56 Å². The Morgan fingerprint density at radius 2 is 2.05 bits per heavy atom. The van der Waals surface area contributed by atoms with Crippen LogP contribution in [0.25, 0.3) is 10.2 Å². The van der Waals surface area contributed by atoms with E-state index in [1.807, 2.05) is 36.6 Å². The number of thiophene rings is 1. The molecule has 0 atom stereocenters. The zero-order valence-corrected chi connectivity index (χ0v) is 12.7. The van der Waals surface area contributed by atoms with Gasteiger partial charge in [0.2, 0.25) is 0 Å². The average molecular weight is 302 g/mol.